The quantitative estimate of drug-likeness (QED) is 0.690. The predicted molar refractivity (Wildman–Crippen MR) is 110 cm³/mol. The summed E-state index contributed by atoms with van der Waals surface area (Å²) in [4.78, 5) is 24.1. The molecule has 1 aliphatic rings. The van der Waals surface area contributed by atoms with Gasteiger partial charge in [0.05, 0.1) is 17.7 Å². The van der Waals surface area contributed by atoms with Crippen molar-refractivity contribution < 1.29 is 18.0 Å². The van der Waals surface area contributed by atoms with Gasteiger partial charge in [-0.2, -0.15) is 0 Å². The second-order valence-corrected chi connectivity index (χ2v) is 9.36. The standard InChI is InChI=1S/C20H31N3O4S/c1-4-13-28(26,27)23-12-6-7-17(14-23)20(25)21-15(3)16-8-10-18(11-9-16)22-19(24)5-2/h8-11,15,17H,4-7,12-14H2,1-3H3,(H,21,25)(H,22,24)/t15-,17-/m0/s1. The first kappa shape index (κ1) is 22.4. The monoisotopic (exact) mass is 409 g/mol. The highest BCUT2D eigenvalue weighted by Crippen LogP contribution is 2.22. The molecule has 1 heterocycles. The highest BCUT2D eigenvalue weighted by molar-refractivity contribution is 7.89. The van der Waals surface area contributed by atoms with E-state index in [0.717, 1.165) is 11.3 Å². The fourth-order valence-corrected chi connectivity index (χ4v) is 4.90. The number of sulfonamides is 1. The van der Waals surface area contributed by atoms with Crippen LogP contribution < -0.4 is 10.6 Å². The Kier molecular flexibility index (Phi) is 8.00. The van der Waals surface area contributed by atoms with Gasteiger partial charge in [0.2, 0.25) is 21.8 Å². The van der Waals surface area contributed by atoms with Crippen molar-refractivity contribution in [2.24, 2.45) is 5.92 Å². The van der Waals surface area contributed by atoms with Crippen molar-refractivity contribution in [1.82, 2.24) is 9.62 Å². The number of hydrogen-bond donors (Lipinski definition) is 2. The number of carbonyl (C=O) groups excluding carboxylic acids is 2. The Hall–Kier alpha value is -1.93. The summed E-state index contributed by atoms with van der Waals surface area (Å²) in [6.45, 7) is 6.27. The topological polar surface area (TPSA) is 95.6 Å². The smallest absolute Gasteiger partial charge is 0.224 e. The second-order valence-electron chi connectivity index (χ2n) is 7.27. The summed E-state index contributed by atoms with van der Waals surface area (Å²) in [5.74, 6) is -0.370. The average Bonchev–Trinajstić information content (AvgIpc) is 2.68. The van der Waals surface area contributed by atoms with Crippen molar-refractivity contribution in [3.63, 3.8) is 0 Å². The first-order valence-corrected chi connectivity index (χ1v) is 11.6. The summed E-state index contributed by atoms with van der Waals surface area (Å²) in [6, 6.07) is 7.16. The number of carbonyl (C=O) groups is 2. The largest absolute Gasteiger partial charge is 0.349 e. The molecule has 8 heteroatoms. The molecule has 2 amide bonds. The van der Waals surface area contributed by atoms with E-state index in [1.165, 1.54) is 4.31 Å². The van der Waals surface area contributed by atoms with Gasteiger partial charge in [0.15, 0.2) is 0 Å². The maximum absolute atomic E-state index is 12.7. The Labute approximate surface area is 167 Å². The van der Waals surface area contributed by atoms with Crippen LogP contribution in [0.25, 0.3) is 0 Å². The SMILES string of the molecule is CCCS(=O)(=O)N1CCC[C@H](C(=O)N[C@@H](C)c2ccc(NC(=O)CC)cc2)C1. The third-order valence-corrected chi connectivity index (χ3v) is 7.03. The molecule has 0 spiro atoms. The predicted octanol–water partition coefficient (Wildman–Crippen LogP) is 2.66. The molecule has 28 heavy (non-hydrogen) atoms. The van der Waals surface area contributed by atoms with Crippen molar-refractivity contribution in [3.05, 3.63) is 29.8 Å². The van der Waals surface area contributed by atoms with E-state index in [4.69, 9.17) is 0 Å². The maximum atomic E-state index is 12.7. The fourth-order valence-electron chi connectivity index (χ4n) is 3.32. The number of rotatable bonds is 8. The summed E-state index contributed by atoms with van der Waals surface area (Å²) < 4.78 is 26.0. The van der Waals surface area contributed by atoms with E-state index in [2.05, 4.69) is 10.6 Å². The van der Waals surface area contributed by atoms with Gasteiger partial charge in [-0.25, -0.2) is 12.7 Å². The molecule has 1 aromatic rings. The van der Waals surface area contributed by atoms with Gasteiger partial charge in [0.1, 0.15) is 0 Å². The number of hydrogen-bond acceptors (Lipinski definition) is 4. The molecule has 0 unspecified atom stereocenters. The van der Waals surface area contributed by atoms with Crippen LogP contribution in [0.4, 0.5) is 5.69 Å². The van der Waals surface area contributed by atoms with Crippen LogP contribution in [0.15, 0.2) is 24.3 Å². The van der Waals surface area contributed by atoms with Gasteiger partial charge < -0.3 is 10.6 Å². The average molecular weight is 410 g/mol. The Balaban J connectivity index is 1.95. The highest BCUT2D eigenvalue weighted by atomic mass is 32.2. The molecule has 1 saturated heterocycles. The number of amides is 2. The molecule has 0 aliphatic carbocycles. The van der Waals surface area contributed by atoms with E-state index in [1.54, 1.807) is 6.92 Å². The Morgan fingerprint density at radius 1 is 1.21 bits per heavy atom. The van der Waals surface area contributed by atoms with Crippen molar-refractivity contribution in [1.29, 1.82) is 0 Å². The third kappa shape index (κ3) is 6.04. The molecule has 7 nitrogen and oxygen atoms in total. The van der Waals surface area contributed by atoms with Crippen LogP contribution >= 0.6 is 0 Å². The van der Waals surface area contributed by atoms with E-state index in [0.29, 0.717) is 32.2 Å². The van der Waals surface area contributed by atoms with Crippen LogP contribution in [-0.4, -0.2) is 43.4 Å². The number of nitrogens with zero attached hydrogens (tertiary/aromatic N) is 1. The highest BCUT2D eigenvalue weighted by Gasteiger charge is 2.32. The number of nitrogens with one attached hydrogen (secondary N) is 2. The van der Waals surface area contributed by atoms with Crippen LogP contribution in [-0.2, 0) is 19.6 Å². The lowest BCUT2D eigenvalue weighted by atomic mass is 9.98. The van der Waals surface area contributed by atoms with Gasteiger partial charge >= 0.3 is 0 Å². The zero-order chi connectivity index (χ0) is 20.7. The normalized spacial score (nSPS) is 19.0. The molecule has 0 radical (unpaired) electrons. The molecule has 0 aromatic heterocycles. The Morgan fingerprint density at radius 2 is 1.89 bits per heavy atom. The van der Waals surface area contributed by atoms with Gasteiger partial charge in [-0.05, 0) is 43.9 Å². The van der Waals surface area contributed by atoms with E-state index in [1.807, 2.05) is 38.1 Å². The van der Waals surface area contributed by atoms with Gasteiger partial charge in [-0.3, -0.25) is 9.59 Å². The minimum absolute atomic E-state index is 0.0472. The Bertz CT molecular complexity index is 777. The van der Waals surface area contributed by atoms with Crippen molar-refractivity contribution in [3.8, 4) is 0 Å². The molecule has 156 valence electrons. The molecule has 1 aromatic carbocycles. The van der Waals surface area contributed by atoms with Gasteiger partial charge in [-0.1, -0.05) is 26.0 Å². The second kappa shape index (κ2) is 10.0. The number of piperidine rings is 1. The fraction of sp³-hybridized carbons (Fsp3) is 0.600. The molecular weight excluding hydrogens is 378 g/mol. The van der Waals surface area contributed by atoms with Gasteiger partial charge in [-0.15, -0.1) is 0 Å². The van der Waals surface area contributed by atoms with Crippen LogP contribution in [0, 0.1) is 5.92 Å². The third-order valence-electron chi connectivity index (χ3n) is 4.98. The first-order valence-electron chi connectivity index (χ1n) is 9.94. The molecular formula is C20H31N3O4S. The lowest BCUT2D eigenvalue weighted by Crippen LogP contribution is -2.46. The summed E-state index contributed by atoms with van der Waals surface area (Å²) in [5, 5.41) is 5.78. The Morgan fingerprint density at radius 3 is 2.50 bits per heavy atom. The lowest BCUT2D eigenvalue weighted by molar-refractivity contribution is -0.126. The van der Waals surface area contributed by atoms with E-state index < -0.39 is 10.0 Å². The van der Waals surface area contributed by atoms with Gasteiger partial charge in [0.25, 0.3) is 0 Å². The minimum Gasteiger partial charge on any atom is -0.349 e. The van der Waals surface area contributed by atoms with Crippen LogP contribution in [0.2, 0.25) is 0 Å². The summed E-state index contributed by atoms with van der Waals surface area (Å²) >= 11 is 0. The number of anilines is 1. The molecule has 0 saturated carbocycles. The van der Waals surface area contributed by atoms with Crippen molar-refractivity contribution >= 4 is 27.5 Å². The van der Waals surface area contributed by atoms with E-state index in [9.17, 15) is 18.0 Å². The zero-order valence-corrected chi connectivity index (χ0v) is 17.7. The number of benzene rings is 1. The summed E-state index contributed by atoms with van der Waals surface area (Å²) in [6.07, 6.45) is 2.38. The minimum atomic E-state index is -3.28. The molecule has 2 rings (SSSR count). The lowest BCUT2D eigenvalue weighted by Gasteiger charge is -2.31. The maximum Gasteiger partial charge on any atom is 0.224 e. The van der Waals surface area contributed by atoms with Crippen LogP contribution in [0.5, 0.6) is 0 Å². The van der Waals surface area contributed by atoms with Crippen LogP contribution in [0.3, 0.4) is 0 Å². The molecule has 1 fully saturated rings. The van der Waals surface area contributed by atoms with Crippen molar-refractivity contribution in [2.45, 2.75) is 52.5 Å². The molecule has 2 atom stereocenters. The summed E-state index contributed by atoms with van der Waals surface area (Å²) in [5.41, 5.74) is 1.65. The molecule has 1 aliphatic heterocycles. The zero-order valence-electron chi connectivity index (χ0n) is 16.9. The van der Waals surface area contributed by atoms with Crippen LogP contribution in [0.1, 0.15) is 58.1 Å². The van der Waals surface area contributed by atoms with E-state index in [-0.39, 0.29) is 36.1 Å². The molecule has 0 bridgehead atoms. The summed E-state index contributed by atoms with van der Waals surface area (Å²) in [7, 11) is -3.28. The van der Waals surface area contributed by atoms with Crippen molar-refractivity contribution in [2.75, 3.05) is 24.2 Å². The molecule has 2 N–H and O–H groups in total. The first-order chi connectivity index (χ1) is 13.3. The van der Waals surface area contributed by atoms with E-state index >= 15 is 0 Å². The van der Waals surface area contributed by atoms with Gasteiger partial charge in [0, 0.05) is 25.2 Å².